The molecule has 4 nitrogen and oxygen atoms in total. The van der Waals surface area contributed by atoms with Gasteiger partial charge in [0.2, 0.25) is 5.91 Å². The molecule has 0 aromatic heterocycles. The Morgan fingerprint density at radius 1 is 1.60 bits per heavy atom. The predicted molar refractivity (Wildman–Crippen MR) is 59.4 cm³/mol. The van der Waals surface area contributed by atoms with E-state index in [1.165, 1.54) is 0 Å². The first-order valence-electron chi connectivity index (χ1n) is 5.73. The molecular weight excluding hydrogens is 192 g/mol. The van der Waals surface area contributed by atoms with Crippen LogP contribution >= 0.6 is 0 Å². The molecule has 88 valence electrons. The van der Waals surface area contributed by atoms with E-state index >= 15 is 0 Å². The molecule has 0 aliphatic carbocycles. The van der Waals surface area contributed by atoms with E-state index in [0.29, 0.717) is 12.5 Å². The number of ether oxygens (including phenoxy) is 1. The number of rotatable bonds is 4. The number of amides is 1. The molecule has 0 spiro atoms. The third kappa shape index (κ3) is 4.62. The van der Waals surface area contributed by atoms with Crippen molar-refractivity contribution in [2.45, 2.75) is 45.2 Å². The van der Waals surface area contributed by atoms with Crippen LogP contribution in [0.5, 0.6) is 0 Å². The van der Waals surface area contributed by atoms with Crippen molar-refractivity contribution >= 4 is 5.91 Å². The van der Waals surface area contributed by atoms with Crippen molar-refractivity contribution in [3.05, 3.63) is 0 Å². The summed E-state index contributed by atoms with van der Waals surface area (Å²) in [6.07, 6.45) is 2.75. The Morgan fingerprint density at radius 2 is 2.33 bits per heavy atom. The number of carbonyl (C=O) groups is 1. The molecule has 1 fully saturated rings. The number of nitrogens with one attached hydrogen (secondary N) is 1. The highest BCUT2D eigenvalue weighted by molar-refractivity contribution is 5.81. The molecule has 1 saturated heterocycles. The van der Waals surface area contributed by atoms with Crippen molar-refractivity contribution in [3.8, 4) is 0 Å². The fraction of sp³-hybridized carbons (Fsp3) is 0.909. The maximum absolute atomic E-state index is 11.7. The molecule has 15 heavy (non-hydrogen) atoms. The molecule has 1 amide bonds. The van der Waals surface area contributed by atoms with Crippen molar-refractivity contribution in [1.82, 2.24) is 5.32 Å². The number of nitrogens with two attached hydrogens (primary N) is 1. The summed E-state index contributed by atoms with van der Waals surface area (Å²) in [6, 6.07) is -0.226. The number of hydrogen-bond acceptors (Lipinski definition) is 3. The molecule has 0 bridgehead atoms. The smallest absolute Gasteiger partial charge is 0.237 e. The zero-order valence-corrected chi connectivity index (χ0v) is 9.66. The summed E-state index contributed by atoms with van der Waals surface area (Å²) in [5.74, 6) is 0.410. The Hall–Kier alpha value is -0.610. The lowest BCUT2D eigenvalue weighted by atomic mass is 10.0. The summed E-state index contributed by atoms with van der Waals surface area (Å²) < 4.78 is 5.29. The average Bonchev–Trinajstić information content (AvgIpc) is 2.18. The van der Waals surface area contributed by atoms with Gasteiger partial charge in [0.05, 0.1) is 18.7 Å². The van der Waals surface area contributed by atoms with Crippen LogP contribution in [0.4, 0.5) is 0 Å². The molecule has 0 radical (unpaired) electrons. The van der Waals surface area contributed by atoms with Crippen molar-refractivity contribution in [2.75, 3.05) is 13.2 Å². The normalized spacial score (nSPS) is 23.9. The largest absolute Gasteiger partial charge is 0.379 e. The van der Waals surface area contributed by atoms with Crippen LogP contribution in [0.3, 0.4) is 0 Å². The average molecular weight is 214 g/mol. The van der Waals surface area contributed by atoms with E-state index in [4.69, 9.17) is 10.5 Å². The highest BCUT2D eigenvalue weighted by atomic mass is 16.5. The first kappa shape index (κ1) is 12.5. The lowest BCUT2D eigenvalue weighted by Crippen LogP contribution is -2.48. The van der Waals surface area contributed by atoms with Gasteiger partial charge in [0.1, 0.15) is 0 Å². The second-order valence-electron chi connectivity index (χ2n) is 4.66. The molecule has 3 N–H and O–H groups in total. The molecule has 0 aromatic carbocycles. The second kappa shape index (κ2) is 6.08. The molecule has 1 rings (SSSR count). The van der Waals surface area contributed by atoms with Crippen molar-refractivity contribution < 1.29 is 9.53 Å². The SMILES string of the molecule is CC(C)C[C@@H](N)C(=O)NC1CCCOC1. The molecule has 1 heterocycles. The van der Waals surface area contributed by atoms with Crippen LogP contribution in [0.2, 0.25) is 0 Å². The Labute approximate surface area is 91.5 Å². The third-order valence-corrected chi connectivity index (χ3v) is 2.57. The fourth-order valence-electron chi connectivity index (χ4n) is 1.78. The van der Waals surface area contributed by atoms with E-state index in [1.807, 2.05) is 0 Å². The first-order chi connectivity index (χ1) is 7.09. The molecule has 4 heteroatoms. The first-order valence-corrected chi connectivity index (χ1v) is 5.73. The lowest BCUT2D eigenvalue weighted by Gasteiger charge is -2.25. The van der Waals surface area contributed by atoms with Gasteiger partial charge in [-0.05, 0) is 25.2 Å². The van der Waals surface area contributed by atoms with Gasteiger partial charge in [-0.2, -0.15) is 0 Å². The molecule has 1 aliphatic rings. The number of carbonyl (C=O) groups excluding carboxylic acids is 1. The maximum Gasteiger partial charge on any atom is 0.237 e. The molecule has 2 atom stereocenters. The third-order valence-electron chi connectivity index (χ3n) is 2.57. The van der Waals surface area contributed by atoms with E-state index in [0.717, 1.165) is 25.9 Å². The van der Waals surface area contributed by atoms with Gasteiger partial charge >= 0.3 is 0 Å². The van der Waals surface area contributed by atoms with E-state index in [9.17, 15) is 4.79 Å². The molecule has 0 aromatic rings. The van der Waals surface area contributed by atoms with Gasteiger partial charge in [0, 0.05) is 6.61 Å². The van der Waals surface area contributed by atoms with E-state index < -0.39 is 0 Å². The Balaban J connectivity index is 2.27. The minimum atomic E-state index is -0.382. The summed E-state index contributed by atoms with van der Waals surface area (Å²) in [5.41, 5.74) is 5.78. The van der Waals surface area contributed by atoms with Crippen LogP contribution in [0.25, 0.3) is 0 Å². The topological polar surface area (TPSA) is 64.4 Å². The van der Waals surface area contributed by atoms with Crippen molar-refractivity contribution in [3.63, 3.8) is 0 Å². The molecular formula is C11H22N2O2. The van der Waals surface area contributed by atoms with Crippen LogP contribution in [0.1, 0.15) is 33.1 Å². The van der Waals surface area contributed by atoms with Gasteiger partial charge < -0.3 is 15.8 Å². The van der Waals surface area contributed by atoms with Crippen LogP contribution in [-0.4, -0.2) is 31.2 Å². The van der Waals surface area contributed by atoms with E-state index in [-0.39, 0.29) is 18.0 Å². The van der Waals surface area contributed by atoms with Crippen LogP contribution < -0.4 is 11.1 Å². The summed E-state index contributed by atoms with van der Waals surface area (Å²) in [6.45, 7) is 5.57. The predicted octanol–water partition coefficient (Wildman–Crippen LogP) is 0.655. The minimum Gasteiger partial charge on any atom is -0.379 e. The van der Waals surface area contributed by atoms with E-state index in [1.54, 1.807) is 0 Å². The Kier molecular flexibility index (Phi) is 5.05. The Bertz CT molecular complexity index is 201. The minimum absolute atomic E-state index is 0.0424. The summed E-state index contributed by atoms with van der Waals surface area (Å²) in [4.78, 5) is 11.7. The highest BCUT2D eigenvalue weighted by Gasteiger charge is 2.20. The zero-order chi connectivity index (χ0) is 11.3. The van der Waals surface area contributed by atoms with Crippen molar-refractivity contribution in [1.29, 1.82) is 0 Å². The summed E-state index contributed by atoms with van der Waals surface area (Å²) >= 11 is 0. The second-order valence-corrected chi connectivity index (χ2v) is 4.66. The summed E-state index contributed by atoms with van der Waals surface area (Å²) in [5, 5.41) is 2.94. The molecule has 1 aliphatic heterocycles. The van der Waals surface area contributed by atoms with Crippen LogP contribution in [0.15, 0.2) is 0 Å². The number of hydrogen-bond donors (Lipinski definition) is 2. The maximum atomic E-state index is 11.7. The standard InChI is InChI=1S/C11H22N2O2/c1-8(2)6-10(12)11(14)13-9-4-3-5-15-7-9/h8-10H,3-7,12H2,1-2H3,(H,13,14)/t9?,10-/m1/s1. The van der Waals surface area contributed by atoms with Crippen LogP contribution in [-0.2, 0) is 9.53 Å². The monoisotopic (exact) mass is 214 g/mol. The molecule has 0 saturated carbocycles. The van der Waals surface area contributed by atoms with Gasteiger partial charge in [-0.15, -0.1) is 0 Å². The fourth-order valence-corrected chi connectivity index (χ4v) is 1.78. The van der Waals surface area contributed by atoms with Gasteiger partial charge in [0.15, 0.2) is 0 Å². The zero-order valence-electron chi connectivity index (χ0n) is 9.66. The van der Waals surface area contributed by atoms with Gasteiger partial charge in [-0.25, -0.2) is 0 Å². The van der Waals surface area contributed by atoms with Gasteiger partial charge in [-0.3, -0.25) is 4.79 Å². The van der Waals surface area contributed by atoms with Crippen molar-refractivity contribution in [2.24, 2.45) is 11.7 Å². The van der Waals surface area contributed by atoms with Crippen LogP contribution in [0, 0.1) is 5.92 Å². The van der Waals surface area contributed by atoms with E-state index in [2.05, 4.69) is 19.2 Å². The quantitative estimate of drug-likeness (QED) is 0.722. The molecule has 1 unspecified atom stereocenters. The van der Waals surface area contributed by atoms with Gasteiger partial charge in [-0.1, -0.05) is 13.8 Å². The van der Waals surface area contributed by atoms with Gasteiger partial charge in [0.25, 0.3) is 0 Å². The highest BCUT2D eigenvalue weighted by Crippen LogP contribution is 2.07. The summed E-state index contributed by atoms with van der Waals surface area (Å²) in [7, 11) is 0. The Morgan fingerprint density at radius 3 is 2.87 bits per heavy atom. The lowest BCUT2D eigenvalue weighted by molar-refractivity contribution is -0.124.